The molecule has 0 aliphatic heterocycles. The Kier molecular flexibility index (Phi) is 4.01. The van der Waals surface area contributed by atoms with Crippen molar-refractivity contribution in [3.05, 3.63) is 47.4 Å². The van der Waals surface area contributed by atoms with E-state index < -0.39 is 0 Å². The first-order valence-electron chi connectivity index (χ1n) is 5.66. The maximum Gasteiger partial charge on any atom is 0.173 e. The first kappa shape index (κ1) is 13.4. The van der Waals surface area contributed by atoms with Crippen molar-refractivity contribution in [2.45, 2.75) is 23.8 Å². The second kappa shape index (κ2) is 5.71. The maximum atomic E-state index is 8.89. The van der Waals surface area contributed by atoms with E-state index in [1.54, 1.807) is 12.4 Å². The van der Waals surface area contributed by atoms with Crippen LogP contribution in [0.4, 0.5) is 0 Å². The fourth-order valence-electron chi connectivity index (χ4n) is 1.76. The third kappa shape index (κ3) is 3.03. The molecule has 0 radical (unpaired) electrons. The van der Waals surface area contributed by atoms with Crippen molar-refractivity contribution in [2.75, 3.05) is 0 Å². The molecule has 0 saturated heterocycles. The zero-order chi connectivity index (χ0) is 13.8. The SMILES string of the molecule is Cc1cc(C)c(C(N)=NO)c(Sc2ccncc2)n1. The first-order chi connectivity index (χ1) is 9.11. The molecule has 6 heteroatoms. The first-order valence-corrected chi connectivity index (χ1v) is 6.47. The van der Waals surface area contributed by atoms with E-state index in [0.29, 0.717) is 5.56 Å². The summed E-state index contributed by atoms with van der Waals surface area (Å²) in [6.45, 7) is 3.83. The molecular formula is C13H14N4OS. The van der Waals surface area contributed by atoms with Crippen LogP contribution >= 0.6 is 11.8 Å². The fourth-order valence-corrected chi connectivity index (χ4v) is 2.79. The summed E-state index contributed by atoms with van der Waals surface area (Å²) >= 11 is 1.46. The Morgan fingerprint density at radius 2 is 2.00 bits per heavy atom. The average Bonchev–Trinajstić information content (AvgIpc) is 2.38. The number of amidine groups is 1. The second-order valence-electron chi connectivity index (χ2n) is 4.03. The number of aryl methyl sites for hydroxylation is 2. The van der Waals surface area contributed by atoms with Gasteiger partial charge in [0.25, 0.3) is 0 Å². The van der Waals surface area contributed by atoms with Crippen LogP contribution in [0.3, 0.4) is 0 Å². The topological polar surface area (TPSA) is 84.4 Å². The minimum absolute atomic E-state index is 0.0709. The molecule has 0 bridgehead atoms. The Labute approximate surface area is 115 Å². The predicted molar refractivity (Wildman–Crippen MR) is 74.6 cm³/mol. The van der Waals surface area contributed by atoms with Gasteiger partial charge in [-0.15, -0.1) is 0 Å². The maximum absolute atomic E-state index is 8.89. The highest BCUT2D eigenvalue weighted by molar-refractivity contribution is 7.99. The van der Waals surface area contributed by atoms with Crippen molar-refractivity contribution in [1.29, 1.82) is 0 Å². The van der Waals surface area contributed by atoms with Gasteiger partial charge in [0, 0.05) is 23.0 Å². The van der Waals surface area contributed by atoms with Crippen molar-refractivity contribution in [1.82, 2.24) is 9.97 Å². The molecule has 0 atom stereocenters. The van der Waals surface area contributed by atoms with E-state index in [1.165, 1.54) is 11.8 Å². The van der Waals surface area contributed by atoms with Gasteiger partial charge < -0.3 is 10.9 Å². The smallest absolute Gasteiger partial charge is 0.173 e. The third-order valence-corrected chi connectivity index (χ3v) is 3.54. The number of hydrogen-bond donors (Lipinski definition) is 2. The van der Waals surface area contributed by atoms with Gasteiger partial charge in [0.1, 0.15) is 5.03 Å². The van der Waals surface area contributed by atoms with Crippen LogP contribution in [0.5, 0.6) is 0 Å². The predicted octanol–water partition coefficient (Wildman–Crippen LogP) is 2.34. The van der Waals surface area contributed by atoms with Gasteiger partial charge in [0.05, 0.1) is 5.56 Å². The highest BCUT2D eigenvalue weighted by Gasteiger charge is 2.14. The van der Waals surface area contributed by atoms with Crippen molar-refractivity contribution in [3.8, 4) is 0 Å². The molecule has 98 valence electrons. The highest BCUT2D eigenvalue weighted by Crippen LogP contribution is 2.30. The minimum Gasteiger partial charge on any atom is -0.409 e. The Morgan fingerprint density at radius 3 is 2.63 bits per heavy atom. The standard InChI is InChI=1S/C13H14N4OS/c1-8-7-9(2)16-13(11(8)12(14)17-18)19-10-3-5-15-6-4-10/h3-7,18H,1-2H3,(H2,14,17). The van der Waals surface area contributed by atoms with Gasteiger partial charge in [-0.3, -0.25) is 4.98 Å². The number of nitrogens with two attached hydrogens (primary N) is 1. The molecule has 2 aromatic rings. The molecule has 0 aliphatic carbocycles. The molecule has 0 aromatic carbocycles. The molecule has 0 saturated carbocycles. The summed E-state index contributed by atoms with van der Waals surface area (Å²) in [4.78, 5) is 9.44. The Balaban J connectivity index is 2.49. The van der Waals surface area contributed by atoms with Crippen molar-refractivity contribution < 1.29 is 5.21 Å². The largest absolute Gasteiger partial charge is 0.409 e. The summed E-state index contributed by atoms with van der Waals surface area (Å²) in [5.74, 6) is 0.0709. The van der Waals surface area contributed by atoms with E-state index >= 15 is 0 Å². The van der Waals surface area contributed by atoms with E-state index in [1.807, 2.05) is 32.0 Å². The molecule has 3 N–H and O–H groups in total. The Morgan fingerprint density at radius 1 is 1.32 bits per heavy atom. The van der Waals surface area contributed by atoms with E-state index in [-0.39, 0.29) is 5.84 Å². The van der Waals surface area contributed by atoms with Crippen LogP contribution in [0.15, 0.2) is 45.7 Å². The molecule has 2 aromatic heterocycles. The summed E-state index contributed by atoms with van der Waals surface area (Å²) in [6.07, 6.45) is 3.43. The van der Waals surface area contributed by atoms with Gasteiger partial charge >= 0.3 is 0 Å². The van der Waals surface area contributed by atoms with Crippen molar-refractivity contribution in [2.24, 2.45) is 10.9 Å². The molecule has 2 heterocycles. The molecule has 19 heavy (non-hydrogen) atoms. The highest BCUT2D eigenvalue weighted by atomic mass is 32.2. The molecule has 0 unspecified atom stereocenters. The van der Waals surface area contributed by atoms with Gasteiger partial charge in [-0.25, -0.2) is 4.98 Å². The summed E-state index contributed by atoms with van der Waals surface area (Å²) in [5.41, 5.74) is 8.22. The van der Waals surface area contributed by atoms with Gasteiger partial charge in [-0.2, -0.15) is 0 Å². The molecule has 0 fully saturated rings. The summed E-state index contributed by atoms with van der Waals surface area (Å²) in [5, 5.41) is 12.7. The van der Waals surface area contributed by atoms with Gasteiger partial charge in [-0.1, -0.05) is 16.9 Å². The molecule has 0 spiro atoms. The van der Waals surface area contributed by atoms with E-state index in [0.717, 1.165) is 21.2 Å². The average molecular weight is 274 g/mol. The monoisotopic (exact) mass is 274 g/mol. The lowest BCUT2D eigenvalue weighted by atomic mass is 10.1. The molecule has 0 aliphatic rings. The van der Waals surface area contributed by atoms with Crippen LogP contribution in [-0.4, -0.2) is 21.0 Å². The number of pyridine rings is 2. The number of hydrogen-bond acceptors (Lipinski definition) is 5. The lowest BCUT2D eigenvalue weighted by molar-refractivity contribution is 0.318. The van der Waals surface area contributed by atoms with Crippen LogP contribution in [0.1, 0.15) is 16.8 Å². The quantitative estimate of drug-likeness (QED) is 0.388. The van der Waals surface area contributed by atoms with E-state index in [4.69, 9.17) is 10.9 Å². The van der Waals surface area contributed by atoms with E-state index in [9.17, 15) is 0 Å². The van der Waals surface area contributed by atoms with Crippen LogP contribution in [0.25, 0.3) is 0 Å². The lowest BCUT2D eigenvalue weighted by Crippen LogP contribution is -2.17. The zero-order valence-electron chi connectivity index (χ0n) is 10.7. The zero-order valence-corrected chi connectivity index (χ0v) is 11.5. The fraction of sp³-hybridized carbons (Fsp3) is 0.154. The lowest BCUT2D eigenvalue weighted by Gasteiger charge is -2.11. The summed E-state index contributed by atoms with van der Waals surface area (Å²) in [7, 11) is 0. The van der Waals surface area contributed by atoms with Crippen LogP contribution < -0.4 is 5.73 Å². The normalized spacial score (nSPS) is 11.6. The van der Waals surface area contributed by atoms with E-state index in [2.05, 4.69) is 15.1 Å². The van der Waals surface area contributed by atoms with Gasteiger partial charge in [0.2, 0.25) is 0 Å². The molecule has 2 rings (SSSR count). The van der Waals surface area contributed by atoms with Crippen molar-refractivity contribution >= 4 is 17.6 Å². The van der Waals surface area contributed by atoms with Crippen LogP contribution in [-0.2, 0) is 0 Å². The number of rotatable bonds is 3. The molecule has 5 nitrogen and oxygen atoms in total. The van der Waals surface area contributed by atoms with Gasteiger partial charge in [-0.05, 0) is 37.6 Å². The van der Waals surface area contributed by atoms with Crippen LogP contribution in [0.2, 0.25) is 0 Å². The number of nitrogens with zero attached hydrogens (tertiary/aromatic N) is 3. The van der Waals surface area contributed by atoms with Gasteiger partial charge in [0.15, 0.2) is 5.84 Å². The third-order valence-electron chi connectivity index (χ3n) is 2.54. The molecular weight excluding hydrogens is 260 g/mol. The Bertz CT molecular complexity index is 614. The second-order valence-corrected chi connectivity index (χ2v) is 5.09. The van der Waals surface area contributed by atoms with Crippen LogP contribution in [0, 0.1) is 13.8 Å². The summed E-state index contributed by atoms with van der Waals surface area (Å²) in [6, 6.07) is 5.68. The van der Waals surface area contributed by atoms with Crippen molar-refractivity contribution in [3.63, 3.8) is 0 Å². The minimum atomic E-state index is 0.0709. The number of oxime groups is 1. The Hall–Kier alpha value is -2.08. The number of aromatic nitrogens is 2. The molecule has 0 amide bonds. The summed E-state index contributed by atoms with van der Waals surface area (Å²) < 4.78 is 0.